The second-order valence-electron chi connectivity index (χ2n) is 4.70. The molecular weight excluding hydrogens is 383 g/mol. The average molecular weight is 398 g/mol. The number of hydrogen-bond acceptors (Lipinski definition) is 5. The molecule has 0 aliphatic rings. The second kappa shape index (κ2) is 6.35. The number of rotatable bonds is 4. The van der Waals surface area contributed by atoms with E-state index < -0.39 is 0 Å². The van der Waals surface area contributed by atoms with Crippen molar-refractivity contribution in [2.75, 3.05) is 14.2 Å². The van der Waals surface area contributed by atoms with Gasteiger partial charge in [0.25, 0.3) is 0 Å². The lowest BCUT2D eigenvalue weighted by molar-refractivity contribution is 0.379. The van der Waals surface area contributed by atoms with E-state index in [1.165, 1.54) is 0 Å². The zero-order valence-corrected chi connectivity index (χ0v) is 14.4. The Hall–Kier alpha value is -1.75. The summed E-state index contributed by atoms with van der Waals surface area (Å²) in [6.45, 7) is 4.13. The first-order chi connectivity index (χ1) is 10.0. The average Bonchev–Trinajstić information content (AvgIpc) is 2.86. The van der Waals surface area contributed by atoms with E-state index in [0.717, 1.165) is 16.9 Å². The van der Waals surface area contributed by atoms with Gasteiger partial charge in [-0.05, 0) is 40.6 Å². The molecule has 0 aliphatic heterocycles. The zero-order chi connectivity index (χ0) is 15.6. The minimum atomic E-state index is 0.214. The van der Waals surface area contributed by atoms with Gasteiger partial charge in [0.1, 0.15) is 17.6 Å². The van der Waals surface area contributed by atoms with Crippen molar-refractivity contribution in [3.63, 3.8) is 0 Å². The number of methoxy groups -OCH3 is 2. The van der Waals surface area contributed by atoms with Gasteiger partial charge in [0.15, 0.2) is 11.5 Å². The predicted octanol–water partition coefficient (Wildman–Crippen LogP) is 3.96. The van der Waals surface area contributed by atoms with Crippen molar-refractivity contribution < 1.29 is 14.0 Å². The lowest BCUT2D eigenvalue weighted by Crippen LogP contribution is -2.00. The van der Waals surface area contributed by atoms with Crippen LogP contribution in [0.4, 0.5) is 0 Å². The normalized spacial score (nSPS) is 10.5. The van der Waals surface area contributed by atoms with Gasteiger partial charge in [-0.25, -0.2) is 0 Å². The molecule has 21 heavy (non-hydrogen) atoms. The number of ether oxygens (including phenoxy) is 2. The molecule has 0 saturated carbocycles. The molecule has 0 unspecified atom stereocenters. The van der Waals surface area contributed by atoms with E-state index >= 15 is 0 Å². The molecule has 0 spiro atoms. The van der Waals surface area contributed by atoms with Crippen LogP contribution in [0.25, 0.3) is 11.3 Å². The van der Waals surface area contributed by atoms with Crippen LogP contribution in [0.5, 0.6) is 11.5 Å². The summed E-state index contributed by atoms with van der Waals surface area (Å²) < 4.78 is 17.0. The van der Waals surface area contributed by atoms with Crippen LogP contribution in [0.3, 0.4) is 0 Å². The lowest BCUT2D eigenvalue weighted by atomic mass is 9.96. The van der Waals surface area contributed by atoms with Crippen molar-refractivity contribution in [3.05, 3.63) is 27.0 Å². The molecule has 0 radical (unpaired) electrons. The molecule has 2 aromatic rings. The van der Waals surface area contributed by atoms with Crippen LogP contribution in [0.1, 0.15) is 31.0 Å². The fourth-order valence-electron chi connectivity index (χ4n) is 2.22. The van der Waals surface area contributed by atoms with Gasteiger partial charge in [-0.1, -0.05) is 19.0 Å². The van der Waals surface area contributed by atoms with Crippen LogP contribution in [0.15, 0.2) is 16.7 Å². The Morgan fingerprint density at radius 1 is 1.29 bits per heavy atom. The van der Waals surface area contributed by atoms with E-state index in [2.05, 4.69) is 41.6 Å². The largest absolute Gasteiger partial charge is 0.496 e. The second-order valence-corrected chi connectivity index (χ2v) is 5.78. The molecule has 0 bridgehead atoms. The molecule has 110 valence electrons. The van der Waals surface area contributed by atoms with E-state index in [9.17, 15) is 0 Å². The summed E-state index contributed by atoms with van der Waals surface area (Å²) in [6, 6.07) is 5.73. The molecule has 1 aromatic heterocycles. The molecule has 6 heteroatoms. The number of hydrogen-bond donors (Lipinski definition) is 0. The quantitative estimate of drug-likeness (QED) is 0.730. The summed E-state index contributed by atoms with van der Waals surface area (Å²) in [5.74, 6) is 2.20. The van der Waals surface area contributed by atoms with Gasteiger partial charge in [0, 0.05) is 5.56 Å². The Kier molecular flexibility index (Phi) is 4.73. The van der Waals surface area contributed by atoms with Gasteiger partial charge in [0.2, 0.25) is 0 Å². The first-order valence-corrected chi connectivity index (χ1v) is 7.43. The van der Waals surface area contributed by atoms with Crippen LogP contribution in [-0.4, -0.2) is 19.4 Å². The van der Waals surface area contributed by atoms with Crippen LogP contribution >= 0.6 is 22.6 Å². The van der Waals surface area contributed by atoms with Crippen LogP contribution in [-0.2, 0) is 0 Å². The highest BCUT2D eigenvalue weighted by molar-refractivity contribution is 14.1. The number of nitrogens with zero attached hydrogens (tertiary/aromatic N) is 2. The maximum Gasteiger partial charge on any atom is 0.197 e. The van der Waals surface area contributed by atoms with Gasteiger partial charge in [-0.15, -0.1) is 0 Å². The highest BCUT2D eigenvalue weighted by atomic mass is 127. The summed E-state index contributed by atoms with van der Waals surface area (Å²) in [7, 11) is 3.24. The van der Waals surface area contributed by atoms with Crippen LogP contribution in [0, 0.1) is 14.9 Å². The van der Waals surface area contributed by atoms with Gasteiger partial charge in [-0.2, -0.15) is 5.26 Å². The van der Waals surface area contributed by atoms with Crippen LogP contribution < -0.4 is 9.47 Å². The Morgan fingerprint density at radius 2 is 2.00 bits per heavy atom. The molecule has 0 saturated heterocycles. The first kappa shape index (κ1) is 15.6. The van der Waals surface area contributed by atoms with Crippen molar-refractivity contribution in [3.8, 4) is 28.9 Å². The minimum Gasteiger partial charge on any atom is -0.496 e. The fraction of sp³-hybridized carbons (Fsp3) is 0.333. The van der Waals surface area contributed by atoms with Crippen molar-refractivity contribution >= 4 is 22.6 Å². The molecule has 1 aromatic carbocycles. The molecule has 5 nitrogen and oxygen atoms in total. The Morgan fingerprint density at radius 3 is 2.48 bits per heavy atom. The van der Waals surface area contributed by atoms with Crippen molar-refractivity contribution in [2.24, 2.45) is 0 Å². The topological polar surface area (TPSA) is 68.3 Å². The third-order valence-electron chi connectivity index (χ3n) is 3.14. The minimum absolute atomic E-state index is 0.214. The standard InChI is InChI=1S/C15H15IN2O3/c1-8(2)12-11(19-3)6-5-9(14(12)20-4)15-13(16)10(7-17)18-21-15/h5-6,8H,1-4H3. The molecule has 0 atom stereocenters. The van der Waals surface area contributed by atoms with E-state index in [0.29, 0.717) is 15.1 Å². The van der Waals surface area contributed by atoms with Gasteiger partial charge in [0.05, 0.1) is 23.4 Å². The highest BCUT2D eigenvalue weighted by Crippen LogP contribution is 2.43. The molecule has 0 amide bonds. The van der Waals surface area contributed by atoms with Crippen molar-refractivity contribution in [2.45, 2.75) is 19.8 Å². The molecule has 0 aliphatic carbocycles. The third kappa shape index (κ3) is 2.70. The maximum atomic E-state index is 9.00. The highest BCUT2D eigenvalue weighted by Gasteiger charge is 2.24. The maximum absolute atomic E-state index is 9.00. The van der Waals surface area contributed by atoms with E-state index in [-0.39, 0.29) is 11.6 Å². The molecular formula is C15H15IN2O3. The molecule has 0 N–H and O–H groups in total. The molecule has 1 heterocycles. The van der Waals surface area contributed by atoms with E-state index in [4.69, 9.17) is 19.3 Å². The van der Waals surface area contributed by atoms with Crippen molar-refractivity contribution in [1.29, 1.82) is 5.26 Å². The smallest absolute Gasteiger partial charge is 0.197 e. The summed E-state index contributed by atoms with van der Waals surface area (Å²) in [5.41, 5.74) is 2.00. The Labute approximate surface area is 137 Å². The van der Waals surface area contributed by atoms with Crippen LogP contribution in [0.2, 0.25) is 0 Å². The predicted molar refractivity (Wildman–Crippen MR) is 86.6 cm³/mol. The summed E-state index contributed by atoms with van der Waals surface area (Å²) >= 11 is 2.05. The first-order valence-electron chi connectivity index (χ1n) is 6.35. The molecule has 2 rings (SSSR count). The van der Waals surface area contributed by atoms with E-state index in [1.807, 2.05) is 18.2 Å². The summed E-state index contributed by atoms with van der Waals surface area (Å²) in [6.07, 6.45) is 0. The number of aromatic nitrogens is 1. The van der Waals surface area contributed by atoms with Crippen molar-refractivity contribution in [1.82, 2.24) is 5.16 Å². The Bertz CT molecular complexity index is 702. The van der Waals surface area contributed by atoms with Gasteiger partial charge < -0.3 is 14.0 Å². The van der Waals surface area contributed by atoms with E-state index in [1.54, 1.807) is 14.2 Å². The number of benzene rings is 1. The zero-order valence-electron chi connectivity index (χ0n) is 12.2. The summed E-state index contributed by atoms with van der Waals surface area (Å²) in [4.78, 5) is 0. The Balaban J connectivity index is 2.73. The van der Waals surface area contributed by atoms with Gasteiger partial charge >= 0.3 is 0 Å². The SMILES string of the molecule is COc1ccc(-c2onc(C#N)c2I)c(OC)c1C(C)C. The monoisotopic (exact) mass is 398 g/mol. The molecule has 0 fully saturated rings. The number of halogens is 1. The van der Waals surface area contributed by atoms with Gasteiger partial charge in [-0.3, -0.25) is 0 Å². The fourth-order valence-corrected chi connectivity index (χ4v) is 2.83. The lowest BCUT2D eigenvalue weighted by Gasteiger charge is -2.18. The number of nitriles is 1. The third-order valence-corrected chi connectivity index (χ3v) is 4.14. The summed E-state index contributed by atoms with van der Waals surface area (Å²) in [5, 5.41) is 12.8.